The van der Waals surface area contributed by atoms with Crippen molar-refractivity contribution in [3.8, 4) is 11.9 Å². The van der Waals surface area contributed by atoms with Crippen LogP contribution in [0.5, 0.6) is 5.88 Å². The second-order valence-corrected chi connectivity index (χ2v) is 7.31. The van der Waals surface area contributed by atoms with E-state index < -0.39 is 35.4 Å². The minimum absolute atomic E-state index is 0.0138. The van der Waals surface area contributed by atoms with Crippen molar-refractivity contribution >= 4 is 17.4 Å². The van der Waals surface area contributed by atoms with Crippen LogP contribution in [0.2, 0.25) is 0 Å². The van der Waals surface area contributed by atoms with Gasteiger partial charge < -0.3 is 19.6 Å². The summed E-state index contributed by atoms with van der Waals surface area (Å²) in [5, 5.41) is 19.7. The predicted octanol–water partition coefficient (Wildman–Crippen LogP) is 2.89. The van der Waals surface area contributed by atoms with Crippen molar-refractivity contribution in [2.75, 3.05) is 30.5 Å². The molecule has 1 aromatic heterocycles. The van der Waals surface area contributed by atoms with E-state index in [1.165, 1.54) is 9.80 Å². The van der Waals surface area contributed by atoms with Crippen molar-refractivity contribution in [3.63, 3.8) is 0 Å². The van der Waals surface area contributed by atoms with Gasteiger partial charge in [0.25, 0.3) is 0 Å². The van der Waals surface area contributed by atoms with Crippen molar-refractivity contribution in [2.24, 2.45) is 0 Å². The SMILES string of the molecule is COc1cc(C(F)(F)F)c(C#N)c(N2C[C@@H](O)CC2C(=O)N(C)c2cccc(C)c2)n1. The summed E-state index contributed by atoms with van der Waals surface area (Å²) >= 11 is 0. The van der Waals surface area contributed by atoms with Gasteiger partial charge in [0, 0.05) is 31.8 Å². The molecular weight excluding hydrogens is 413 g/mol. The number of aliphatic hydroxyl groups is 1. The lowest BCUT2D eigenvalue weighted by Crippen LogP contribution is -2.45. The van der Waals surface area contributed by atoms with Gasteiger partial charge in [0.15, 0.2) is 5.82 Å². The largest absolute Gasteiger partial charge is 0.481 e. The predicted molar refractivity (Wildman–Crippen MR) is 107 cm³/mol. The molecule has 0 spiro atoms. The number of hydrogen-bond acceptors (Lipinski definition) is 6. The van der Waals surface area contributed by atoms with Gasteiger partial charge in [-0.05, 0) is 24.6 Å². The molecular formula is C21H21F3N4O3. The standard InChI is InChI=1S/C21H21F3N4O3/c1-12-5-4-6-13(7-12)27(2)20(30)17-8-14(29)11-28(17)19-15(10-25)16(21(22,23)24)9-18(26-19)31-3/h4-7,9,14,17,29H,8,11H2,1-3H3/t14-,17?/m0/s1. The van der Waals surface area contributed by atoms with Crippen LogP contribution in [0.3, 0.4) is 0 Å². The van der Waals surface area contributed by atoms with Crippen LogP contribution in [0, 0.1) is 18.3 Å². The van der Waals surface area contributed by atoms with Crippen LogP contribution in [0.15, 0.2) is 30.3 Å². The summed E-state index contributed by atoms with van der Waals surface area (Å²) in [6.45, 7) is 1.72. The number of nitrogens with zero attached hydrogens (tertiary/aromatic N) is 4. The number of amides is 1. The molecule has 2 aromatic rings. The number of β-amino-alcohol motifs (C(OH)–C–C–N with tert-alkyl or cyclic N) is 1. The van der Waals surface area contributed by atoms with Crippen LogP contribution >= 0.6 is 0 Å². The molecule has 31 heavy (non-hydrogen) atoms. The first-order chi connectivity index (χ1) is 14.6. The van der Waals surface area contributed by atoms with Gasteiger partial charge >= 0.3 is 6.18 Å². The molecule has 0 bridgehead atoms. The number of methoxy groups -OCH3 is 1. The van der Waals surface area contributed by atoms with Crippen molar-refractivity contribution < 1.29 is 27.8 Å². The Morgan fingerprint density at radius 2 is 2.10 bits per heavy atom. The first-order valence-electron chi connectivity index (χ1n) is 9.42. The number of alkyl halides is 3. The topological polar surface area (TPSA) is 89.7 Å². The first-order valence-corrected chi connectivity index (χ1v) is 9.42. The van der Waals surface area contributed by atoms with Gasteiger partial charge in [0.05, 0.1) is 18.8 Å². The molecule has 1 amide bonds. The number of hydrogen-bond donors (Lipinski definition) is 1. The first kappa shape index (κ1) is 22.4. The Morgan fingerprint density at radius 3 is 2.68 bits per heavy atom. The van der Waals surface area contributed by atoms with Crippen molar-refractivity contribution in [3.05, 3.63) is 47.0 Å². The molecule has 1 aliphatic heterocycles. The van der Waals surface area contributed by atoms with Crippen LogP contribution in [-0.2, 0) is 11.0 Å². The summed E-state index contributed by atoms with van der Waals surface area (Å²) in [5.74, 6) is -1.13. The molecule has 164 valence electrons. The number of anilines is 2. The van der Waals surface area contributed by atoms with E-state index in [4.69, 9.17) is 4.74 Å². The highest BCUT2D eigenvalue weighted by Gasteiger charge is 2.43. The molecule has 2 atom stereocenters. The molecule has 1 saturated heterocycles. The second kappa shape index (κ2) is 8.43. The number of likely N-dealkylation sites (N-methyl/N-ethyl adjacent to an activating group) is 1. The third-order valence-corrected chi connectivity index (χ3v) is 5.16. The van der Waals surface area contributed by atoms with E-state index in [9.17, 15) is 28.3 Å². The van der Waals surface area contributed by atoms with Gasteiger partial charge in [-0.1, -0.05) is 12.1 Å². The highest BCUT2D eigenvalue weighted by Crippen LogP contribution is 2.39. The number of pyridine rings is 1. The molecule has 1 fully saturated rings. The van der Waals surface area contributed by atoms with Gasteiger partial charge in [-0.15, -0.1) is 0 Å². The minimum Gasteiger partial charge on any atom is -0.481 e. The normalized spacial score (nSPS) is 18.6. The summed E-state index contributed by atoms with van der Waals surface area (Å²) in [5.41, 5.74) is -0.409. The Hall–Kier alpha value is -3.32. The number of nitriles is 1. The van der Waals surface area contributed by atoms with Crippen LogP contribution in [0.4, 0.5) is 24.7 Å². The molecule has 0 radical (unpaired) electrons. The number of benzene rings is 1. The third-order valence-electron chi connectivity index (χ3n) is 5.16. The van der Waals surface area contributed by atoms with Gasteiger partial charge in [-0.3, -0.25) is 4.79 Å². The molecule has 7 nitrogen and oxygen atoms in total. The number of aliphatic hydroxyl groups excluding tert-OH is 1. The van der Waals surface area contributed by atoms with E-state index in [2.05, 4.69) is 4.98 Å². The fraction of sp³-hybridized carbons (Fsp3) is 0.381. The van der Waals surface area contributed by atoms with E-state index in [0.29, 0.717) is 11.8 Å². The van der Waals surface area contributed by atoms with Crippen molar-refractivity contribution in [1.82, 2.24) is 4.98 Å². The molecule has 1 N–H and O–H groups in total. The summed E-state index contributed by atoms with van der Waals surface area (Å²) in [6, 6.07) is 8.36. The fourth-order valence-electron chi connectivity index (χ4n) is 3.62. The summed E-state index contributed by atoms with van der Waals surface area (Å²) in [4.78, 5) is 19.9. The lowest BCUT2D eigenvalue weighted by atomic mass is 10.1. The molecule has 0 aliphatic carbocycles. The average molecular weight is 434 g/mol. The van der Waals surface area contributed by atoms with Gasteiger partial charge in [0.2, 0.25) is 11.8 Å². The van der Waals surface area contributed by atoms with Crippen LogP contribution in [-0.4, -0.2) is 48.8 Å². The number of ether oxygens (including phenoxy) is 1. The molecule has 3 rings (SSSR count). The lowest BCUT2D eigenvalue weighted by molar-refractivity contribution is -0.137. The second-order valence-electron chi connectivity index (χ2n) is 7.31. The summed E-state index contributed by atoms with van der Waals surface area (Å²) in [7, 11) is 2.70. The van der Waals surface area contributed by atoms with Crippen LogP contribution in [0.25, 0.3) is 0 Å². The Labute approximate surface area is 177 Å². The number of rotatable bonds is 4. The zero-order chi connectivity index (χ0) is 22.9. The molecule has 1 unspecified atom stereocenters. The molecule has 0 saturated carbocycles. The summed E-state index contributed by atoms with van der Waals surface area (Å²) < 4.78 is 45.6. The zero-order valence-corrected chi connectivity index (χ0v) is 17.1. The van der Waals surface area contributed by atoms with E-state index in [1.54, 1.807) is 31.3 Å². The van der Waals surface area contributed by atoms with E-state index in [-0.39, 0.29) is 24.7 Å². The highest BCUT2D eigenvalue weighted by molar-refractivity contribution is 5.99. The Morgan fingerprint density at radius 1 is 1.39 bits per heavy atom. The maximum atomic E-state index is 13.6. The smallest absolute Gasteiger partial charge is 0.418 e. The van der Waals surface area contributed by atoms with Crippen molar-refractivity contribution in [2.45, 2.75) is 31.7 Å². The Kier molecular flexibility index (Phi) is 6.08. The highest BCUT2D eigenvalue weighted by atomic mass is 19.4. The maximum absolute atomic E-state index is 13.6. The monoisotopic (exact) mass is 434 g/mol. The van der Waals surface area contributed by atoms with Gasteiger partial charge in [-0.2, -0.15) is 23.4 Å². The number of aryl methyl sites for hydroxylation is 1. The third kappa shape index (κ3) is 4.41. The lowest BCUT2D eigenvalue weighted by Gasteiger charge is -2.30. The number of aromatic nitrogens is 1. The van der Waals surface area contributed by atoms with E-state index in [0.717, 1.165) is 12.7 Å². The zero-order valence-electron chi connectivity index (χ0n) is 17.1. The summed E-state index contributed by atoms with van der Waals surface area (Å²) in [6.07, 6.45) is -5.82. The molecule has 1 aromatic carbocycles. The maximum Gasteiger partial charge on any atom is 0.418 e. The van der Waals surface area contributed by atoms with Crippen LogP contribution in [0.1, 0.15) is 23.1 Å². The number of carbonyl (C=O) groups is 1. The van der Waals surface area contributed by atoms with E-state index in [1.807, 2.05) is 13.0 Å². The molecule has 2 heterocycles. The van der Waals surface area contributed by atoms with Crippen molar-refractivity contribution in [1.29, 1.82) is 5.26 Å². The van der Waals surface area contributed by atoms with Gasteiger partial charge in [-0.25, -0.2) is 0 Å². The Balaban J connectivity index is 2.07. The Bertz CT molecular complexity index is 1040. The average Bonchev–Trinajstić information content (AvgIpc) is 3.12. The molecule has 1 aliphatic rings. The number of halogens is 3. The quantitative estimate of drug-likeness (QED) is 0.796. The van der Waals surface area contributed by atoms with Crippen LogP contribution < -0.4 is 14.5 Å². The number of carbonyl (C=O) groups excluding carboxylic acids is 1. The fourth-order valence-corrected chi connectivity index (χ4v) is 3.62. The molecule has 10 heteroatoms. The van der Waals surface area contributed by atoms with E-state index >= 15 is 0 Å². The minimum atomic E-state index is -4.83. The van der Waals surface area contributed by atoms with Gasteiger partial charge in [0.1, 0.15) is 17.7 Å².